The second kappa shape index (κ2) is 5.69. The van der Waals surface area contributed by atoms with Gasteiger partial charge >= 0.3 is 12.0 Å². The topological polar surface area (TPSA) is 117 Å². The number of nitrogens with zero attached hydrogens (tertiary/aromatic N) is 2. The van der Waals surface area contributed by atoms with Crippen LogP contribution in [-0.4, -0.2) is 39.8 Å². The molecule has 0 saturated carbocycles. The minimum Gasteiger partial charge on any atom is -0.480 e. The highest BCUT2D eigenvalue weighted by molar-refractivity contribution is 5.82. The smallest absolute Gasteiger partial charge is 0.325 e. The molecule has 0 fully saturated rings. The maximum atomic E-state index is 11.1. The SMILES string of the molecule is C[C@H](NC(=O)NCCc1ncon1)C(=O)O. The van der Waals surface area contributed by atoms with Crippen LogP contribution in [0, 0.1) is 0 Å². The van der Waals surface area contributed by atoms with Crippen LogP contribution in [0.3, 0.4) is 0 Å². The molecule has 8 heteroatoms. The fraction of sp³-hybridized carbons (Fsp3) is 0.500. The summed E-state index contributed by atoms with van der Waals surface area (Å²) in [5, 5.41) is 16.8. The number of urea groups is 1. The molecule has 1 rings (SSSR count). The van der Waals surface area contributed by atoms with Gasteiger partial charge in [-0.2, -0.15) is 4.98 Å². The highest BCUT2D eigenvalue weighted by atomic mass is 16.5. The van der Waals surface area contributed by atoms with Gasteiger partial charge in [-0.05, 0) is 6.92 Å². The number of hydrogen-bond donors (Lipinski definition) is 3. The van der Waals surface area contributed by atoms with E-state index >= 15 is 0 Å². The molecule has 16 heavy (non-hydrogen) atoms. The van der Waals surface area contributed by atoms with Crippen LogP contribution in [0.1, 0.15) is 12.7 Å². The Kier molecular flexibility index (Phi) is 4.25. The molecule has 0 unspecified atom stereocenters. The van der Waals surface area contributed by atoms with E-state index < -0.39 is 18.0 Å². The molecule has 1 aromatic rings. The summed E-state index contributed by atoms with van der Waals surface area (Å²) in [6.07, 6.45) is 1.62. The number of carbonyl (C=O) groups is 2. The minimum atomic E-state index is -1.09. The molecule has 0 aliphatic heterocycles. The molecule has 0 aliphatic rings. The zero-order valence-electron chi connectivity index (χ0n) is 8.64. The van der Waals surface area contributed by atoms with Crippen molar-refractivity contribution in [3.63, 3.8) is 0 Å². The lowest BCUT2D eigenvalue weighted by atomic mass is 10.3. The Morgan fingerprint density at radius 2 is 2.38 bits per heavy atom. The van der Waals surface area contributed by atoms with Gasteiger partial charge < -0.3 is 20.3 Å². The highest BCUT2D eigenvalue weighted by Gasteiger charge is 2.13. The van der Waals surface area contributed by atoms with E-state index in [1.165, 1.54) is 13.3 Å². The van der Waals surface area contributed by atoms with Crippen LogP contribution in [0.4, 0.5) is 4.79 Å². The summed E-state index contributed by atoms with van der Waals surface area (Å²) in [4.78, 5) is 25.3. The van der Waals surface area contributed by atoms with E-state index in [1.807, 2.05) is 0 Å². The molecule has 0 saturated heterocycles. The molecule has 0 radical (unpaired) electrons. The maximum absolute atomic E-state index is 11.1. The van der Waals surface area contributed by atoms with E-state index in [0.717, 1.165) is 0 Å². The molecule has 0 bridgehead atoms. The molecule has 8 nitrogen and oxygen atoms in total. The number of aromatic nitrogens is 2. The van der Waals surface area contributed by atoms with Crippen LogP contribution >= 0.6 is 0 Å². The largest absolute Gasteiger partial charge is 0.480 e. The van der Waals surface area contributed by atoms with Crippen molar-refractivity contribution in [2.45, 2.75) is 19.4 Å². The Morgan fingerprint density at radius 3 is 2.94 bits per heavy atom. The third-order valence-corrected chi connectivity index (χ3v) is 1.76. The van der Waals surface area contributed by atoms with Gasteiger partial charge in [0, 0.05) is 13.0 Å². The summed E-state index contributed by atoms with van der Waals surface area (Å²) in [5.74, 6) is -0.611. The number of carboxylic acid groups (broad SMARTS) is 1. The summed E-state index contributed by atoms with van der Waals surface area (Å²) in [6.45, 7) is 1.68. The molecule has 2 amide bonds. The van der Waals surface area contributed by atoms with Crippen molar-refractivity contribution < 1.29 is 19.2 Å². The van der Waals surface area contributed by atoms with Gasteiger partial charge in [-0.15, -0.1) is 0 Å². The van der Waals surface area contributed by atoms with Crippen molar-refractivity contribution in [2.24, 2.45) is 0 Å². The molecule has 88 valence electrons. The molecular weight excluding hydrogens is 216 g/mol. The fourth-order valence-corrected chi connectivity index (χ4v) is 0.900. The number of aliphatic carboxylic acids is 1. The Bertz CT molecular complexity index is 351. The fourth-order valence-electron chi connectivity index (χ4n) is 0.900. The second-order valence-electron chi connectivity index (χ2n) is 3.06. The van der Waals surface area contributed by atoms with E-state index in [0.29, 0.717) is 18.8 Å². The monoisotopic (exact) mass is 228 g/mol. The van der Waals surface area contributed by atoms with Gasteiger partial charge in [0.25, 0.3) is 0 Å². The van der Waals surface area contributed by atoms with Gasteiger partial charge in [0.1, 0.15) is 6.04 Å². The zero-order valence-corrected chi connectivity index (χ0v) is 8.64. The average Bonchev–Trinajstić information content (AvgIpc) is 2.70. The van der Waals surface area contributed by atoms with Crippen molar-refractivity contribution >= 4 is 12.0 Å². The predicted molar refractivity (Wildman–Crippen MR) is 51.6 cm³/mol. The van der Waals surface area contributed by atoms with E-state index in [9.17, 15) is 9.59 Å². The Morgan fingerprint density at radius 1 is 1.62 bits per heavy atom. The summed E-state index contributed by atoms with van der Waals surface area (Å²) in [6, 6.07) is -1.47. The molecule has 0 aromatic carbocycles. The van der Waals surface area contributed by atoms with Crippen LogP contribution in [-0.2, 0) is 11.2 Å². The normalized spacial score (nSPS) is 11.8. The third-order valence-electron chi connectivity index (χ3n) is 1.76. The van der Waals surface area contributed by atoms with Gasteiger partial charge in [0.2, 0.25) is 6.39 Å². The zero-order chi connectivity index (χ0) is 12.0. The second-order valence-corrected chi connectivity index (χ2v) is 3.06. The molecular formula is C8H12N4O4. The Hall–Kier alpha value is -2.12. The summed E-state index contributed by atoms with van der Waals surface area (Å²) < 4.78 is 4.50. The van der Waals surface area contributed by atoms with Crippen molar-refractivity contribution in [1.82, 2.24) is 20.8 Å². The van der Waals surface area contributed by atoms with Crippen LogP contribution < -0.4 is 10.6 Å². The minimum absolute atomic E-state index is 0.303. The summed E-state index contributed by atoms with van der Waals surface area (Å²) in [5.41, 5.74) is 0. The van der Waals surface area contributed by atoms with Gasteiger partial charge in [-0.25, -0.2) is 4.79 Å². The Balaban J connectivity index is 2.18. The van der Waals surface area contributed by atoms with E-state index in [1.54, 1.807) is 0 Å². The van der Waals surface area contributed by atoms with Crippen molar-refractivity contribution in [2.75, 3.05) is 6.54 Å². The first kappa shape index (κ1) is 12.0. The lowest BCUT2D eigenvalue weighted by Crippen LogP contribution is -2.44. The first-order valence-corrected chi connectivity index (χ1v) is 4.62. The van der Waals surface area contributed by atoms with Crippen molar-refractivity contribution in [3.8, 4) is 0 Å². The van der Waals surface area contributed by atoms with Gasteiger partial charge in [-0.1, -0.05) is 5.16 Å². The molecule has 1 atom stereocenters. The molecule has 0 spiro atoms. The van der Waals surface area contributed by atoms with Crippen molar-refractivity contribution in [1.29, 1.82) is 0 Å². The van der Waals surface area contributed by atoms with Gasteiger partial charge in [-0.3, -0.25) is 4.79 Å². The van der Waals surface area contributed by atoms with Crippen molar-refractivity contribution in [3.05, 3.63) is 12.2 Å². The number of rotatable bonds is 5. The van der Waals surface area contributed by atoms with Gasteiger partial charge in [0.15, 0.2) is 5.82 Å². The number of nitrogens with one attached hydrogen (secondary N) is 2. The molecule has 0 aliphatic carbocycles. The molecule has 1 heterocycles. The quantitative estimate of drug-likeness (QED) is 0.618. The molecule has 3 N–H and O–H groups in total. The van der Waals surface area contributed by atoms with Gasteiger partial charge in [0.05, 0.1) is 0 Å². The number of carbonyl (C=O) groups excluding carboxylic acids is 1. The van der Waals surface area contributed by atoms with Crippen LogP contribution in [0.2, 0.25) is 0 Å². The third kappa shape index (κ3) is 3.95. The van der Waals surface area contributed by atoms with Crippen LogP contribution in [0.25, 0.3) is 0 Å². The Labute approximate surface area is 91.0 Å². The lowest BCUT2D eigenvalue weighted by Gasteiger charge is -2.09. The number of hydrogen-bond acceptors (Lipinski definition) is 5. The number of amides is 2. The highest BCUT2D eigenvalue weighted by Crippen LogP contribution is 1.88. The first-order chi connectivity index (χ1) is 7.59. The first-order valence-electron chi connectivity index (χ1n) is 4.62. The maximum Gasteiger partial charge on any atom is 0.325 e. The standard InChI is InChI=1S/C8H12N4O4/c1-5(7(13)14)11-8(15)9-3-2-6-10-4-16-12-6/h4-5H,2-3H2,1H3,(H,13,14)(H2,9,11,15)/t5-/m0/s1. The van der Waals surface area contributed by atoms with Crippen LogP contribution in [0.15, 0.2) is 10.9 Å². The predicted octanol–water partition coefficient (Wildman–Crippen LogP) is -0.616. The average molecular weight is 228 g/mol. The van der Waals surface area contributed by atoms with E-state index in [2.05, 4.69) is 25.3 Å². The van der Waals surface area contributed by atoms with E-state index in [-0.39, 0.29) is 0 Å². The van der Waals surface area contributed by atoms with E-state index in [4.69, 9.17) is 5.11 Å². The molecule has 1 aromatic heterocycles. The summed E-state index contributed by atoms with van der Waals surface area (Å²) in [7, 11) is 0. The van der Waals surface area contributed by atoms with Crippen LogP contribution in [0.5, 0.6) is 0 Å². The summed E-state index contributed by atoms with van der Waals surface area (Å²) >= 11 is 0. The number of carboxylic acids is 1. The lowest BCUT2D eigenvalue weighted by molar-refractivity contribution is -0.138.